The van der Waals surface area contributed by atoms with E-state index >= 15 is 0 Å². The molecule has 1 fully saturated rings. The average molecular weight is 520 g/mol. The van der Waals surface area contributed by atoms with Crippen molar-refractivity contribution in [1.29, 1.82) is 0 Å². The van der Waals surface area contributed by atoms with Gasteiger partial charge < -0.3 is 26.6 Å². The molecule has 0 aliphatic carbocycles. The minimum atomic E-state index is -4.61. The molecule has 1 aromatic carbocycles. The monoisotopic (exact) mass is 519 g/mol. The molecule has 2 atom stereocenters. The highest BCUT2D eigenvalue weighted by Gasteiger charge is 2.34. The van der Waals surface area contributed by atoms with Gasteiger partial charge in [-0.1, -0.05) is 0 Å². The van der Waals surface area contributed by atoms with Crippen molar-refractivity contribution in [2.45, 2.75) is 34.8 Å². The van der Waals surface area contributed by atoms with Crippen LogP contribution in [0.25, 0.3) is 11.4 Å². The van der Waals surface area contributed by atoms with Crippen LogP contribution >= 0.6 is 0 Å². The van der Waals surface area contributed by atoms with Gasteiger partial charge in [-0.3, -0.25) is 0 Å². The molecule has 1 aliphatic rings. The van der Waals surface area contributed by atoms with E-state index in [4.69, 9.17) is 16.6 Å². The maximum Gasteiger partial charge on any atom is 0.242 e. The number of sulfonamides is 2. The molecule has 17 heteroatoms. The van der Waals surface area contributed by atoms with Crippen LogP contribution in [0, 0.1) is 5.92 Å². The van der Waals surface area contributed by atoms with Crippen LogP contribution in [0.2, 0.25) is 0 Å². The summed E-state index contributed by atoms with van der Waals surface area (Å²) < 4.78 is 53.5. The summed E-state index contributed by atoms with van der Waals surface area (Å²) in [6.07, 6.45) is 0.0724. The Labute approximate surface area is 196 Å². The van der Waals surface area contributed by atoms with Gasteiger partial charge in [-0.2, -0.15) is 5.21 Å². The summed E-state index contributed by atoms with van der Waals surface area (Å²) in [7, 11) is -9.05. The number of aliphatic hydroxyl groups is 2. The van der Waals surface area contributed by atoms with Gasteiger partial charge in [0.15, 0.2) is 0 Å². The Hall–Kier alpha value is -2.25. The predicted molar refractivity (Wildman–Crippen MR) is 121 cm³/mol. The molecule has 0 bridgehead atoms. The van der Waals surface area contributed by atoms with Crippen LogP contribution < -0.4 is 26.2 Å². The third kappa shape index (κ3) is 5.69. The summed E-state index contributed by atoms with van der Waals surface area (Å²) in [5, 5.41) is 37.9. The molecule has 15 nitrogen and oxygen atoms in total. The quantitative estimate of drug-likeness (QED) is 0.162. The number of anilines is 1. The normalized spacial score (nSPS) is 17.6. The molecule has 0 spiro atoms. The van der Waals surface area contributed by atoms with E-state index in [-0.39, 0.29) is 36.5 Å². The molecule has 2 heterocycles. The lowest BCUT2D eigenvalue weighted by atomic mass is 9.90. The van der Waals surface area contributed by atoms with Crippen molar-refractivity contribution in [3.8, 4) is 11.4 Å². The second-order valence-electron chi connectivity index (χ2n) is 7.98. The van der Waals surface area contributed by atoms with Crippen molar-refractivity contribution in [3.05, 3.63) is 12.1 Å². The average Bonchev–Trinajstić information content (AvgIpc) is 3.35. The molecule has 10 N–H and O–H groups in total. The zero-order chi connectivity index (χ0) is 25.1. The molecule has 34 heavy (non-hydrogen) atoms. The number of hydrogen-bond acceptors (Lipinski definition) is 12. The fourth-order valence-electron chi connectivity index (χ4n) is 3.88. The van der Waals surface area contributed by atoms with E-state index in [1.165, 1.54) is 6.07 Å². The summed E-state index contributed by atoms with van der Waals surface area (Å²) in [4.78, 5) is 0.526. The fraction of sp³-hybridized carbons (Fsp3) is 0.588. The van der Waals surface area contributed by atoms with Crippen LogP contribution in [0.4, 0.5) is 5.69 Å². The number of nitrogens with one attached hydrogen (secondary N) is 2. The van der Waals surface area contributed by atoms with E-state index in [1.807, 2.05) is 4.90 Å². The lowest BCUT2D eigenvalue weighted by Gasteiger charge is -2.36. The summed E-state index contributed by atoms with van der Waals surface area (Å²) in [5.41, 5.74) is 11.5. The predicted octanol–water partition coefficient (Wildman–Crippen LogP) is -3.35. The van der Waals surface area contributed by atoms with Gasteiger partial charge in [0.2, 0.25) is 25.9 Å². The van der Waals surface area contributed by atoms with Crippen LogP contribution in [0.15, 0.2) is 21.9 Å². The summed E-state index contributed by atoms with van der Waals surface area (Å²) in [5.74, 6) is -0.0855. The lowest BCUT2D eigenvalue weighted by Crippen LogP contribution is -2.43. The Morgan fingerprint density at radius 3 is 2.44 bits per heavy atom. The highest BCUT2D eigenvalue weighted by Crippen LogP contribution is 2.39. The molecule has 1 saturated heterocycles. The Morgan fingerprint density at radius 1 is 1.24 bits per heavy atom. The molecule has 0 amide bonds. The van der Waals surface area contributed by atoms with E-state index < -0.39 is 42.5 Å². The summed E-state index contributed by atoms with van der Waals surface area (Å²) in [6, 6.07) is 2.20. The molecule has 3 rings (SSSR count). The molecular formula is C17H29N9O6S2. The smallest absolute Gasteiger partial charge is 0.242 e. The van der Waals surface area contributed by atoms with Crippen LogP contribution in [0.3, 0.4) is 0 Å². The first-order chi connectivity index (χ1) is 16.0. The summed E-state index contributed by atoms with van der Waals surface area (Å²) in [6.45, 7) is 0.141. The van der Waals surface area contributed by atoms with Gasteiger partial charge >= 0.3 is 0 Å². The number of aromatic amines is 1. The van der Waals surface area contributed by atoms with Crippen LogP contribution in [0.1, 0.15) is 12.8 Å². The van der Waals surface area contributed by atoms with Gasteiger partial charge in [-0.15, -0.1) is 10.2 Å². The third-order valence-corrected chi connectivity index (χ3v) is 8.31. The molecule has 2 unspecified atom stereocenters. The number of aliphatic hydroxyl groups excluding tert-OH is 2. The third-order valence-electron chi connectivity index (χ3n) is 5.72. The molecule has 2 aromatic rings. The van der Waals surface area contributed by atoms with Crippen LogP contribution in [-0.4, -0.2) is 92.6 Å². The van der Waals surface area contributed by atoms with E-state index in [9.17, 15) is 27.0 Å². The molecule has 0 radical (unpaired) electrons. The lowest BCUT2D eigenvalue weighted by molar-refractivity contribution is 0.186. The fourth-order valence-corrected chi connectivity index (χ4v) is 6.55. The Bertz CT molecular complexity index is 1180. The number of nitrogens with two attached hydrogens (primary N) is 3. The second-order valence-corrected chi connectivity index (χ2v) is 11.2. The number of benzene rings is 1. The van der Waals surface area contributed by atoms with Crippen molar-refractivity contribution in [2.75, 3.05) is 37.7 Å². The van der Waals surface area contributed by atoms with Crippen molar-refractivity contribution >= 4 is 25.7 Å². The number of rotatable bonds is 10. The van der Waals surface area contributed by atoms with E-state index in [1.54, 1.807) is 0 Å². The maximum absolute atomic E-state index is 13.0. The van der Waals surface area contributed by atoms with E-state index in [2.05, 4.69) is 25.3 Å². The van der Waals surface area contributed by atoms with Crippen LogP contribution in [-0.2, 0) is 20.0 Å². The highest BCUT2D eigenvalue weighted by atomic mass is 32.2. The zero-order valence-electron chi connectivity index (χ0n) is 18.2. The highest BCUT2D eigenvalue weighted by molar-refractivity contribution is 7.92. The second kappa shape index (κ2) is 10.6. The molecule has 1 aliphatic heterocycles. The number of piperidine rings is 1. The molecular weight excluding hydrogens is 490 g/mol. The molecule has 1 aromatic heterocycles. The minimum Gasteiger partial charge on any atom is -0.395 e. The van der Waals surface area contributed by atoms with E-state index in [0.29, 0.717) is 31.6 Å². The Morgan fingerprint density at radius 2 is 1.91 bits per heavy atom. The van der Waals surface area contributed by atoms with Gasteiger partial charge in [0.05, 0.1) is 18.3 Å². The first kappa shape index (κ1) is 26.4. The number of hydrogen-bond donors (Lipinski definition) is 7. The van der Waals surface area contributed by atoms with Gasteiger partial charge in [-0.05, 0) is 36.1 Å². The van der Waals surface area contributed by atoms with Gasteiger partial charge in [0.25, 0.3) is 0 Å². The maximum atomic E-state index is 13.0. The topological polar surface area (TPSA) is 257 Å². The largest absolute Gasteiger partial charge is 0.395 e. The summed E-state index contributed by atoms with van der Waals surface area (Å²) >= 11 is 0. The van der Waals surface area contributed by atoms with Gasteiger partial charge in [-0.25, -0.2) is 26.7 Å². The minimum absolute atomic E-state index is 0.0745. The number of H-pyrrole nitrogens is 1. The van der Waals surface area contributed by atoms with Gasteiger partial charge in [0.1, 0.15) is 9.79 Å². The SMILES string of the molecule is NCC(O)CNS(=O)(=O)c1ccc(N2CCC(C(N)CO)CC2)c(-c2nn[nH]n2)c1S(N)(=O)=O. The molecule has 0 saturated carbocycles. The number of nitrogens with zero attached hydrogens (tertiary/aromatic N) is 4. The molecule has 190 valence electrons. The van der Waals surface area contributed by atoms with Crippen molar-refractivity contribution in [2.24, 2.45) is 22.5 Å². The van der Waals surface area contributed by atoms with Crippen molar-refractivity contribution < 1.29 is 27.0 Å². The zero-order valence-corrected chi connectivity index (χ0v) is 19.8. The first-order valence-corrected chi connectivity index (χ1v) is 13.4. The standard InChI is InChI=1S/C17H29N9O6S2/c18-7-11(28)8-21-34(31,32)14-2-1-13(26-5-3-10(4-6-26)12(19)9-27)15(16(14)33(20,29)30)17-22-24-25-23-17/h1-2,10-12,21,27-28H,3-9,18-19H2,(H2,20,29,30)(H,22,23,24,25). The van der Waals surface area contributed by atoms with Crippen molar-refractivity contribution in [3.63, 3.8) is 0 Å². The number of tetrazole rings is 1. The Kier molecular flexibility index (Phi) is 8.19. The Balaban J connectivity index is 2.13. The van der Waals surface area contributed by atoms with Crippen LogP contribution in [0.5, 0.6) is 0 Å². The van der Waals surface area contributed by atoms with Gasteiger partial charge in [0, 0.05) is 37.9 Å². The number of primary sulfonamides is 1. The number of aromatic nitrogens is 4. The van der Waals surface area contributed by atoms with E-state index in [0.717, 1.165) is 6.07 Å². The van der Waals surface area contributed by atoms with Crippen molar-refractivity contribution in [1.82, 2.24) is 25.3 Å². The first-order valence-electron chi connectivity index (χ1n) is 10.4.